The number of allylic oxidation sites excluding steroid dienone is 2. The lowest BCUT2D eigenvalue weighted by Crippen LogP contribution is -1.81. The van der Waals surface area contributed by atoms with E-state index in [9.17, 15) is 0 Å². The van der Waals surface area contributed by atoms with E-state index in [-0.39, 0.29) is 0 Å². The molecule has 0 amide bonds. The van der Waals surface area contributed by atoms with E-state index in [1.807, 2.05) is 41.8 Å². The van der Waals surface area contributed by atoms with Crippen molar-refractivity contribution in [1.82, 2.24) is 0 Å². The average molecular weight is 210 g/mol. The highest BCUT2D eigenvalue weighted by atomic mass is 32.1. The first-order valence-electron chi connectivity index (χ1n) is 4.33. The minimum atomic E-state index is 0.418. The summed E-state index contributed by atoms with van der Waals surface area (Å²) in [4.78, 5) is 0. The van der Waals surface area contributed by atoms with Crippen LogP contribution in [0.5, 0.6) is 0 Å². The van der Waals surface area contributed by atoms with Crippen molar-refractivity contribution < 1.29 is 0 Å². The van der Waals surface area contributed by atoms with Gasteiger partial charge in [-0.2, -0.15) is 10.5 Å². The molecule has 0 unspecified atom stereocenters. The van der Waals surface area contributed by atoms with Crippen molar-refractivity contribution in [3.63, 3.8) is 0 Å². The molecule has 1 heterocycles. The largest absolute Gasteiger partial charge is 0.193 e. The maximum Gasteiger partial charge on any atom is 0.101 e. The molecule has 0 aliphatic heterocycles. The van der Waals surface area contributed by atoms with Gasteiger partial charge in [-0.15, -0.1) is 11.3 Å². The maximum atomic E-state index is 8.94. The minimum Gasteiger partial charge on any atom is -0.193 e. The molecule has 1 aromatic heterocycles. The van der Waals surface area contributed by atoms with E-state index in [0.29, 0.717) is 5.57 Å². The first-order chi connectivity index (χ1) is 7.36. The second-order valence-corrected chi connectivity index (χ2v) is 3.88. The number of hydrogen-bond donors (Lipinski definition) is 0. The third kappa shape index (κ3) is 1.61. The van der Waals surface area contributed by atoms with Crippen LogP contribution in [-0.4, -0.2) is 0 Å². The molecule has 0 N–H and O–H groups in total. The highest BCUT2D eigenvalue weighted by Gasteiger charge is 2.05. The molecule has 1 aromatic carbocycles. The highest BCUT2D eigenvalue weighted by Crippen LogP contribution is 2.28. The topological polar surface area (TPSA) is 47.6 Å². The molecular weight excluding hydrogens is 204 g/mol. The zero-order chi connectivity index (χ0) is 10.7. The van der Waals surface area contributed by atoms with E-state index in [1.165, 1.54) is 6.08 Å². The van der Waals surface area contributed by atoms with Crippen LogP contribution in [0.3, 0.4) is 0 Å². The summed E-state index contributed by atoms with van der Waals surface area (Å²) in [5.41, 5.74) is 1.25. The van der Waals surface area contributed by atoms with Crippen LogP contribution < -0.4 is 0 Å². The molecule has 0 fully saturated rings. The van der Waals surface area contributed by atoms with E-state index in [0.717, 1.165) is 15.6 Å². The summed E-state index contributed by atoms with van der Waals surface area (Å²) >= 11 is 1.63. The molecule has 15 heavy (non-hydrogen) atoms. The second-order valence-electron chi connectivity index (χ2n) is 2.94. The van der Waals surface area contributed by atoms with Gasteiger partial charge >= 0.3 is 0 Å². The molecule has 3 heteroatoms. The molecule has 0 atom stereocenters. The van der Waals surface area contributed by atoms with Gasteiger partial charge in [-0.05, 0) is 17.5 Å². The van der Waals surface area contributed by atoms with Gasteiger partial charge in [0.2, 0.25) is 0 Å². The standard InChI is InChI=1S/C12H6N2S/c13-6-4-9(8-14)10-2-1-3-12-11(10)5-7-15-12/h1-5,7H. The lowest BCUT2D eigenvalue weighted by molar-refractivity contribution is 1.51. The minimum absolute atomic E-state index is 0.418. The summed E-state index contributed by atoms with van der Waals surface area (Å²) in [5.74, 6) is 0. The summed E-state index contributed by atoms with van der Waals surface area (Å²) in [7, 11) is 0. The molecule has 0 saturated carbocycles. The number of benzene rings is 1. The molecular formula is C12H6N2S. The van der Waals surface area contributed by atoms with Crippen molar-refractivity contribution >= 4 is 27.0 Å². The monoisotopic (exact) mass is 210 g/mol. The SMILES string of the molecule is N#CC=C(C#N)c1cccc2sccc12. The number of hydrogen-bond acceptors (Lipinski definition) is 3. The van der Waals surface area contributed by atoms with E-state index in [2.05, 4.69) is 0 Å². The molecule has 70 valence electrons. The van der Waals surface area contributed by atoms with Gasteiger partial charge in [0.25, 0.3) is 0 Å². The lowest BCUT2D eigenvalue weighted by atomic mass is 10.0. The lowest BCUT2D eigenvalue weighted by Gasteiger charge is -1.99. The number of nitrogens with zero attached hydrogens (tertiary/aromatic N) is 2. The Bertz CT molecular complexity index is 608. The van der Waals surface area contributed by atoms with Crippen LogP contribution in [0.1, 0.15) is 5.56 Å². The first-order valence-corrected chi connectivity index (χ1v) is 5.21. The van der Waals surface area contributed by atoms with Crippen LogP contribution >= 0.6 is 11.3 Å². The molecule has 0 aliphatic carbocycles. The number of nitriles is 2. The molecule has 2 nitrogen and oxygen atoms in total. The fraction of sp³-hybridized carbons (Fsp3) is 0. The third-order valence-corrected chi connectivity index (χ3v) is 3.00. The van der Waals surface area contributed by atoms with Gasteiger partial charge in [-0.1, -0.05) is 12.1 Å². The van der Waals surface area contributed by atoms with Crippen LogP contribution in [0.4, 0.5) is 0 Å². The Morgan fingerprint density at radius 2 is 2.13 bits per heavy atom. The quantitative estimate of drug-likeness (QED) is 0.678. The fourth-order valence-electron chi connectivity index (χ4n) is 1.46. The zero-order valence-corrected chi connectivity index (χ0v) is 8.58. The predicted molar refractivity (Wildman–Crippen MR) is 61.0 cm³/mol. The Kier molecular flexibility index (Phi) is 2.49. The van der Waals surface area contributed by atoms with Crippen molar-refractivity contribution in [2.24, 2.45) is 0 Å². The van der Waals surface area contributed by atoms with Gasteiger partial charge in [0.05, 0.1) is 11.6 Å². The highest BCUT2D eigenvalue weighted by molar-refractivity contribution is 7.17. The third-order valence-electron chi connectivity index (χ3n) is 2.12. The van der Waals surface area contributed by atoms with Crippen LogP contribution in [-0.2, 0) is 0 Å². The summed E-state index contributed by atoms with van der Waals surface area (Å²) in [6.07, 6.45) is 1.28. The second kappa shape index (κ2) is 3.96. The Labute approximate surface area is 91.3 Å². The average Bonchev–Trinajstić information content (AvgIpc) is 2.73. The Morgan fingerprint density at radius 3 is 2.87 bits per heavy atom. The zero-order valence-electron chi connectivity index (χ0n) is 7.77. The molecule has 2 aromatic rings. The number of rotatable bonds is 1. The van der Waals surface area contributed by atoms with E-state index in [4.69, 9.17) is 10.5 Å². The Hall–Kier alpha value is -2.10. The molecule has 0 bridgehead atoms. The van der Waals surface area contributed by atoms with Crippen molar-refractivity contribution in [3.05, 3.63) is 41.3 Å². The molecule has 2 rings (SSSR count). The van der Waals surface area contributed by atoms with Gasteiger partial charge in [-0.25, -0.2) is 0 Å². The normalized spacial score (nSPS) is 10.9. The predicted octanol–water partition coefficient (Wildman–Crippen LogP) is 3.33. The Morgan fingerprint density at radius 1 is 1.27 bits per heavy atom. The van der Waals surface area contributed by atoms with Crippen molar-refractivity contribution in [1.29, 1.82) is 10.5 Å². The molecule has 0 spiro atoms. The van der Waals surface area contributed by atoms with Crippen LogP contribution in [0, 0.1) is 22.7 Å². The van der Waals surface area contributed by atoms with E-state index < -0.39 is 0 Å². The summed E-state index contributed by atoms with van der Waals surface area (Å²) in [6.45, 7) is 0. The van der Waals surface area contributed by atoms with Gasteiger partial charge in [0.15, 0.2) is 0 Å². The summed E-state index contributed by atoms with van der Waals surface area (Å²) in [5, 5.41) is 20.5. The smallest absolute Gasteiger partial charge is 0.101 e. The maximum absolute atomic E-state index is 8.94. The van der Waals surface area contributed by atoms with Crippen LogP contribution in [0.25, 0.3) is 15.7 Å². The molecule has 0 aliphatic rings. The Balaban J connectivity index is 2.72. The summed E-state index contributed by atoms with van der Waals surface area (Å²) < 4.78 is 1.13. The van der Waals surface area contributed by atoms with Gasteiger partial charge in [-0.3, -0.25) is 0 Å². The van der Waals surface area contributed by atoms with Crippen molar-refractivity contribution in [2.45, 2.75) is 0 Å². The van der Waals surface area contributed by atoms with Crippen LogP contribution in [0.2, 0.25) is 0 Å². The fourth-order valence-corrected chi connectivity index (χ4v) is 2.28. The van der Waals surface area contributed by atoms with Gasteiger partial charge in [0, 0.05) is 21.7 Å². The molecule has 0 saturated heterocycles. The van der Waals surface area contributed by atoms with E-state index in [1.54, 1.807) is 11.3 Å². The summed E-state index contributed by atoms with van der Waals surface area (Å²) in [6, 6.07) is 11.7. The van der Waals surface area contributed by atoms with Crippen molar-refractivity contribution in [3.8, 4) is 12.1 Å². The van der Waals surface area contributed by atoms with Gasteiger partial charge in [0.1, 0.15) is 6.07 Å². The van der Waals surface area contributed by atoms with Crippen molar-refractivity contribution in [2.75, 3.05) is 0 Å². The number of thiophene rings is 1. The van der Waals surface area contributed by atoms with E-state index >= 15 is 0 Å². The molecule has 0 radical (unpaired) electrons. The first kappa shape index (κ1) is 9.45. The number of fused-ring (bicyclic) bond motifs is 1. The van der Waals surface area contributed by atoms with Crippen LogP contribution in [0.15, 0.2) is 35.7 Å². The van der Waals surface area contributed by atoms with Gasteiger partial charge < -0.3 is 0 Å².